The van der Waals surface area contributed by atoms with Gasteiger partial charge in [0.25, 0.3) is 5.91 Å². The lowest BCUT2D eigenvalue weighted by molar-refractivity contribution is 0.0953. The maximum Gasteiger partial charge on any atom is 0.251 e. The fourth-order valence-electron chi connectivity index (χ4n) is 2.30. The summed E-state index contributed by atoms with van der Waals surface area (Å²) in [4.78, 5) is 12.1. The Bertz CT molecular complexity index is 651. The maximum atomic E-state index is 12.1. The molecule has 1 aliphatic rings. The van der Waals surface area contributed by atoms with Crippen LogP contribution in [0.3, 0.4) is 0 Å². The number of carbonyl (C=O) groups is 1. The molecule has 0 bridgehead atoms. The predicted molar refractivity (Wildman–Crippen MR) is 87.7 cm³/mol. The smallest absolute Gasteiger partial charge is 0.251 e. The van der Waals surface area contributed by atoms with E-state index in [0.717, 1.165) is 23.1 Å². The summed E-state index contributed by atoms with van der Waals surface area (Å²) >= 11 is 0. The zero-order valence-corrected chi connectivity index (χ0v) is 12.4. The second kappa shape index (κ2) is 6.84. The molecule has 0 unspecified atom stereocenters. The number of hydrogen-bond donors (Lipinski definition) is 2. The minimum Gasteiger partial charge on any atom is -0.352 e. The summed E-state index contributed by atoms with van der Waals surface area (Å²) in [6, 6.07) is 7.55. The lowest BCUT2D eigenvalue weighted by Gasteiger charge is -2.15. The SMILES string of the molecule is C/C=C1\C(=N)C=CC=C1c1cccc(C(=O)NCCC)c1. The molecule has 1 aliphatic carbocycles. The predicted octanol–water partition coefficient (Wildman–Crippen LogP) is 3.75. The van der Waals surface area contributed by atoms with Crippen LogP contribution in [0.5, 0.6) is 0 Å². The normalized spacial score (nSPS) is 16.0. The van der Waals surface area contributed by atoms with E-state index in [2.05, 4.69) is 5.32 Å². The van der Waals surface area contributed by atoms with Gasteiger partial charge in [0, 0.05) is 17.7 Å². The summed E-state index contributed by atoms with van der Waals surface area (Å²) < 4.78 is 0. The van der Waals surface area contributed by atoms with E-state index in [1.165, 1.54) is 0 Å². The minimum atomic E-state index is -0.0530. The van der Waals surface area contributed by atoms with E-state index in [4.69, 9.17) is 5.41 Å². The Morgan fingerprint density at radius 1 is 1.38 bits per heavy atom. The van der Waals surface area contributed by atoms with Crippen molar-refractivity contribution in [1.29, 1.82) is 5.41 Å². The second-order valence-corrected chi connectivity index (χ2v) is 4.89. The van der Waals surface area contributed by atoms with E-state index in [9.17, 15) is 4.79 Å². The molecule has 0 saturated carbocycles. The summed E-state index contributed by atoms with van der Waals surface area (Å²) in [5.41, 5.74) is 3.98. The molecule has 0 saturated heterocycles. The van der Waals surface area contributed by atoms with Crippen molar-refractivity contribution in [1.82, 2.24) is 5.32 Å². The van der Waals surface area contributed by atoms with E-state index in [1.54, 1.807) is 6.08 Å². The number of benzene rings is 1. The van der Waals surface area contributed by atoms with Crippen molar-refractivity contribution in [2.75, 3.05) is 6.54 Å². The van der Waals surface area contributed by atoms with Gasteiger partial charge in [-0.25, -0.2) is 0 Å². The van der Waals surface area contributed by atoms with Gasteiger partial charge in [-0.05, 0) is 42.7 Å². The third-order valence-electron chi connectivity index (χ3n) is 3.37. The molecule has 0 aromatic heterocycles. The highest BCUT2D eigenvalue weighted by Gasteiger charge is 2.14. The first-order chi connectivity index (χ1) is 10.2. The molecule has 1 aromatic rings. The van der Waals surface area contributed by atoms with Gasteiger partial charge >= 0.3 is 0 Å². The Morgan fingerprint density at radius 3 is 2.90 bits per heavy atom. The van der Waals surface area contributed by atoms with Gasteiger partial charge in [0.1, 0.15) is 0 Å². The van der Waals surface area contributed by atoms with Crippen LogP contribution >= 0.6 is 0 Å². The van der Waals surface area contributed by atoms with E-state index in [1.807, 2.05) is 56.3 Å². The van der Waals surface area contributed by atoms with Gasteiger partial charge in [-0.2, -0.15) is 0 Å². The van der Waals surface area contributed by atoms with E-state index < -0.39 is 0 Å². The monoisotopic (exact) mass is 280 g/mol. The standard InChI is InChI=1S/C18H20N2O/c1-3-11-20-18(21)14-8-5-7-13(12-14)16-9-6-10-17(19)15(16)4-2/h4-10,12,19H,3,11H2,1-2H3,(H,20,21)/b15-4-,19-17?. The lowest BCUT2D eigenvalue weighted by atomic mass is 9.90. The van der Waals surface area contributed by atoms with Crippen LogP contribution in [0.1, 0.15) is 36.2 Å². The van der Waals surface area contributed by atoms with Crippen LogP contribution in [0.25, 0.3) is 5.57 Å². The molecule has 0 aliphatic heterocycles. The molecule has 3 heteroatoms. The molecule has 2 N–H and O–H groups in total. The molecule has 1 aromatic carbocycles. The first-order valence-corrected chi connectivity index (χ1v) is 7.20. The van der Waals surface area contributed by atoms with Crippen LogP contribution in [-0.2, 0) is 0 Å². The Labute approximate surface area is 125 Å². The molecule has 0 atom stereocenters. The minimum absolute atomic E-state index is 0.0530. The van der Waals surface area contributed by atoms with Gasteiger partial charge < -0.3 is 10.7 Å². The number of nitrogens with one attached hydrogen (secondary N) is 2. The number of hydrogen-bond acceptors (Lipinski definition) is 2. The summed E-state index contributed by atoms with van der Waals surface area (Å²) in [5, 5.41) is 10.9. The molecular formula is C18H20N2O. The van der Waals surface area contributed by atoms with Gasteiger partial charge in [0.15, 0.2) is 0 Å². The maximum absolute atomic E-state index is 12.1. The fraction of sp³-hybridized carbons (Fsp3) is 0.222. The van der Waals surface area contributed by atoms with Gasteiger partial charge in [-0.1, -0.05) is 37.3 Å². The van der Waals surface area contributed by atoms with Crippen LogP contribution in [0.4, 0.5) is 0 Å². The highest BCUT2D eigenvalue weighted by molar-refractivity contribution is 6.19. The average molecular weight is 280 g/mol. The molecule has 0 fully saturated rings. The largest absolute Gasteiger partial charge is 0.352 e. The van der Waals surface area contributed by atoms with Crippen LogP contribution in [0.15, 0.2) is 54.1 Å². The fourth-order valence-corrected chi connectivity index (χ4v) is 2.30. The molecule has 1 amide bonds. The first-order valence-electron chi connectivity index (χ1n) is 7.20. The number of amides is 1. The van der Waals surface area contributed by atoms with Crippen molar-refractivity contribution in [3.63, 3.8) is 0 Å². The Morgan fingerprint density at radius 2 is 2.19 bits per heavy atom. The Balaban J connectivity index is 2.33. The van der Waals surface area contributed by atoms with Gasteiger partial charge in [-0.15, -0.1) is 0 Å². The summed E-state index contributed by atoms with van der Waals surface area (Å²) in [5.74, 6) is -0.0530. The number of rotatable bonds is 4. The lowest BCUT2D eigenvalue weighted by Crippen LogP contribution is -2.24. The topological polar surface area (TPSA) is 53.0 Å². The first kappa shape index (κ1) is 15.0. The highest BCUT2D eigenvalue weighted by Crippen LogP contribution is 2.27. The summed E-state index contributed by atoms with van der Waals surface area (Å²) in [6.45, 7) is 4.63. The molecular weight excluding hydrogens is 260 g/mol. The molecule has 0 spiro atoms. The molecule has 0 radical (unpaired) electrons. The van der Waals surface area contributed by atoms with E-state index in [0.29, 0.717) is 17.8 Å². The van der Waals surface area contributed by atoms with Crippen molar-refractivity contribution in [3.05, 3.63) is 65.3 Å². The molecule has 0 heterocycles. The zero-order valence-electron chi connectivity index (χ0n) is 12.4. The third kappa shape index (κ3) is 3.37. The molecule has 3 nitrogen and oxygen atoms in total. The van der Waals surface area contributed by atoms with Crippen molar-refractivity contribution in [2.24, 2.45) is 0 Å². The van der Waals surface area contributed by atoms with E-state index >= 15 is 0 Å². The Hall–Kier alpha value is -2.42. The average Bonchev–Trinajstić information content (AvgIpc) is 2.52. The van der Waals surface area contributed by atoms with Crippen LogP contribution in [-0.4, -0.2) is 18.2 Å². The van der Waals surface area contributed by atoms with Crippen LogP contribution in [0.2, 0.25) is 0 Å². The third-order valence-corrected chi connectivity index (χ3v) is 3.37. The van der Waals surface area contributed by atoms with Crippen LogP contribution < -0.4 is 5.32 Å². The zero-order chi connectivity index (χ0) is 15.2. The van der Waals surface area contributed by atoms with Gasteiger partial charge in [0.05, 0.1) is 5.71 Å². The summed E-state index contributed by atoms with van der Waals surface area (Å²) in [6.07, 6.45) is 8.48. The second-order valence-electron chi connectivity index (χ2n) is 4.89. The van der Waals surface area contributed by atoms with Crippen molar-refractivity contribution >= 4 is 17.2 Å². The molecule has 21 heavy (non-hydrogen) atoms. The van der Waals surface area contributed by atoms with Gasteiger partial charge in [-0.3, -0.25) is 4.79 Å². The molecule has 2 rings (SSSR count). The van der Waals surface area contributed by atoms with Gasteiger partial charge in [0.2, 0.25) is 0 Å². The van der Waals surface area contributed by atoms with Crippen molar-refractivity contribution in [3.8, 4) is 0 Å². The van der Waals surface area contributed by atoms with Crippen molar-refractivity contribution < 1.29 is 4.79 Å². The number of allylic oxidation sites excluding steroid dienone is 6. The summed E-state index contributed by atoms with van der Waals surface area (Å²) in [7, 11) is 0. The van der Waals surface area contributed by atoms with Crippen LogP contribution in [0, 0.1) is 5.41 Å². The molecule has 108 valence electrons. The highest BCUT2D eigenvalue weighted by atomic mass is 16.1. The quantitative estimate of drug-likeness (QED) is 0.867. The Kier molecular flexibility index (Phi) is 4.88. The number of carbonyl (C=O) groups excluding carboxylic acids is 1. The van der Waals surface area contributed by atoms with Crippen molar-refractivity contribution in [2.45, 2.75) is 20.3 Å². The van der Waals surface area contributed by atoms with E-state index in [-0.39, 0.29) is 5.91 Å².